The first-order chi connectivity index (χ1) is 14.1. The normalized spacial score (nSPS) is 14.6. The first kappa shape index (κ1) is 19.4. The lowest BCUT2D eigenvalue weighted by atomic mass is 9.88. The van der Waals surface area contributed by atoms with Gasteiger partial charge >= 0.3 is 0 Å². The summed E-state index contributed by atoms with van der Waals surface area (Å²) in [4.78, 5) is 27.4. The third-order valence-corrected chi connectivity index (χ3v) is 5.77. The molecule has 29 heavy (non-hydrogen) atoms. The number of halogens is 1. The summed E-state index contributed by atoms with van der Waals surface area (Å²) in [7, 11) is 0. The fourth-order valence-corrected chi connectivity index (χ4v) is 3.94. The zero-order valence-corrected chi connectivity index (χ0v) is 16.8. The summed E-state index contributed by atoms with van der Waals surface area (Å²) in [5.41, 5.74) is 3.60. The van der Waals surface area contributed by atoms with Gasteiger partial charge in [-0.15, -0.1) is 0 Å². The van der Waals surface area contributed by atoms with Gasteiger partial charge in [0, 0.05) is 35.2 Å². The van der Waals surface area contributed by atoms with E-state index in [-0.39, 0.29) is 17.6 Å². The van der Waals surface area contributed by atoms with Crippen LogP contribution in [0, 0.1) is 5.92 Å². The standard InChI is InChI=1S/C25H22ClNO2/c26-23-12-10-20(11-13-23)24(28)21-14-16-27(17-15-21)25(29)22-8-6-19(7-9-22)18-4-2-1-3-5-18/h1-13,21H,14-17H2. The van der Waals surface area contributed by atoms with Crippen molar-refractivity contribution in [1.82, 2.24) is 4.90 Å². The van der Waals surface area contributed by atoms with Gasteiger partial charge in [-0.2, -0.15) is 0 Å². The highest BCUT2D eigenvalue weighted by atomic mass is 35.5. The van der Waals surface area contributed by atoms with E-state index in [1.807, 2.05) is 47.4 Å². The number of ketones is 1. The zero-order valence-electron chi connectivity index (χ0n) is 16.1. The molecule has 0 bridgehead atoms. The first-order valence-electron chi connectivity index (χ1n) is 9.86. The van der Waals surface area contributed by atoms with E-state index in [1.165, 1.54) is 0 Å². The number of benzene rings is 3. The molecule has 0 aliphatic carbocycles. The molecule has 3 nitrogen and oxygen atoms in total. The summed E-state index contributed by atoms with van der Waals surface area (Å²) in [6.07, 6.45) is 1.38. The quantitative estimate of drug-likeness (QED) is 0.521. The van der Waals surface area contributed by atoms with Crippen LogP contribution in [-0.4, -0.2) is 29.7 Å². The Morgan fingerprint density at radius 2 is 1.28 bits per heavy atom. The van der Waals surface area contributed by atoms with Crippen LogP contribution in [0.5, 0.6) is 0 Å². The van der Waals surface area contributed by atoms with E-state index in [4.69, 9.17) is 11.6 Å². The molecule has 1 saturated heterocycles. The Morgan fingerprint density at radius 3 is 1.90 bits per heavy atom. The monoisotopic (exact) mass is 403 g/mol. The number of piperidine rings is 1. The second kappa shape index (κ2) is 8.62. The van der Waals surface area contributed by atoms with Gasteiger partial charge in [0.2, 0.25) is 0 Å². The molecule has 3 aromatic carbocycles. The number of hydrogen-bond acceptors (Lipinski definition) is 2. The molecule has 0 N–H and O–H groups in total. The van der Waals surface area contributed by atoms with Gasteiger partial charge in [0.1, 0.15) is 0 Å². The molecule has 1 aliphatic heterocycles. The van der Waals surface area contributed by atoms with Crippen LogP contribution < -0.4 is 0 Å². The number of rotatable bonds is 4. The Bertz CT molecular complexity index is 989. The smallest absolute Gasteiger partial charge is 0.253 e. The number of carbonyl (C=O) groups excluding carboxylic acids is 2. The average molecular weight is 404 g/mol. The summed E-state index contributed by atoms with van der Waals surface area (Å²) in [5, 5.41) is 0.625. The van der Waals surface area contributed by atoms with E-state index in [0.29, 0.717) is 42.1 Å². The number of carbonyl (C=O) groups is 2. The van der Waals surface area contributed by atoms with Crippen LogP contribution in [0.25, 0.3) is 11.1 Å². The summed E-state index contributed by atoms with van der Waals surface area (Å²) in [6.45, 7) is 1.20. The van der Waals surface area contributed by atoms with Crippen LogP contribution in [0.1, 0.15) is 33.6 Å². The topological polar surface area (TPSA) is 37.4 Å². The first-order valence-corrected chi connectivity index (χ1v) is 10.2. The van der Waals surface area contributed by atoms with Gasteiger partial charge in [-0.1, -0.05) is 54.1 Å². The van der Waals surface area contributed by atoms with Crippen molar-refractivity contribution in [2.24, 2.45) is 5.92 Å². The fourth-order valence-electron chi connectivity index (χ4n) is 3.81. The maximum atomic E-state index is 12.9. The van der Waals surface area contributed by atoms with E-state index < -0.39 is 0 Å². The molecule has 1 amide bonds. The molecule has 0 aromatic heterocycles. The maximum absolute atomic E-state index is 12.9. The Balaban J connectivity index is 1.37. The van der Waals surface area contributed by atoms with Crippen LogP contribution in [0.2, 0.25) is 5.02 Å². The lowest BCUT2D eigenvalue weighted by molar-refractivity contribution is 0.0650. The number of likely N-dealkylation sites (tertiary alicyclic amines) is 1. The van der Waals surface area contributed by atoms with Crippen molar-refractivity contribution in [2.45, 2.75) is 12.8 Å². The molecule has 146 valence electrons. The van der Waals surface area contributed by atoms with Crippen LogP contribution in [-0.2, 0) is 0 Å². The van der Waals surface area contributed by atoms with E-state index >= 15 is 0 Å². The van der Waals surface area contributed by atoms with Crippen LogP contribution in [0.4, 0.5) is 0 Å². The second-order valence-corrected chi connectivity index (χ2v) is 7.82. The van der Waals surface area contributed by atoms with E-state index in [9.17, 15) is 9.59 Å². The van der Waals surface area contributed by atoms with Gasteiger partial charge in [-0.05, 0) is 60.4 Å². The average Bonchev–Trinajstić information content (AvgIpc) is 2.79. The SMILES string of the molecule is O=C(c1ccc(Cl)cc1)C1CCN(C(=O)c2ccc(-c3ccccc3)cc2)CC1. The minimum Gasteiger partial charge on any atom is -0.339 e. The van der Waals surface area contributed by atoms with Crippen LogP contribution in [0.3, 0.4) is 0 Å². The van der Waals surface area contributed by atoms with Crippen molar-refractivity contribution in [2.75, 3.05) is 13.1 Å². The van der Waals surface area contributed by atoms with E-state index in [2.05, 4.69) is 12.1 Å². The van der Waals surface area contributed by atoms with E-state index in [1.54, 1.807) is 24.3 Å². The molecule has 0 radical (unpaired) electrons. The lowest BCUT2D eigenvalue weighted by Crippen LogP contribution is -2.40. The highest BCUT2D eigenvalue weighted by Crippen LogP contribution is 2.25. The number of Topliss-reactive ketones (excluding diaryl/α,β-unsaturated/α-hetero) is 1. The van der Waals surface area contributed by atoms with Gasteiger partial charge in [-0.25, -0.2) is 0 Å². The molecule has 0 unspecified atom stereocenters. The highest BCUT2D eigenvalue weighted by Gasteiger charge is 2.28. The third kappa shape index (κ3) is 4.41. The van der Waals surface area contributed by atoms with Crippen molar-refractivity contribution in [3.63, 3.8) is 0 Å². The van der Waals surface area contributed by atoms with Crippen molar-refractivity contribution < 1.29 is 9.59 Å². The predicted molar refractivity (Wildman–Crippen MR) is 116 cm³/mol. The van der Waals surface area contributed by atoms with Crippen LogP contribution in [0.15, 0.2) is 78.9 Å². The molecule has 0 spiro atoms. The van der Waals surface area contributed by atoms with Crippen molar-refractivity contribution in [3.8, 4) is 11.1 Å². The molecular weight excluding hydrogens is 382 g/mol. The summed E-state index contributed by atoms with van der Waals surface area (Å²) < 4.78 is 0. The molecule has 0 atom stereocenters. The second-order valence-electron chi connectivity index (χ2n) is 7.38. The van der Waals surface area contributed by atoms with Crippen molar-refractivity contribution in [1.29, 1.82) is 0 Å². The largest absolute Gasteiger partial charge is 0.339 e. The molecule has 4 rings (SSSR count). The molecule has 3 aromatic rings. The van der Waals surface area contributed by atoms with E-state index in [0.717, 1.165) is 11.1 Å². The van der Waals surface area contributed by atoms with Gasteiger partial charge in [0.25, 0.3) is 5.91 Å². The fraction of sp³-hybridized carbons (Fsp3) is 0.200. The Kier molecular flexibility index (Phi) is 5.77. The molecule has 1 heterocycles. The highest BCUT2D eigenvalue weighted by molar-refractivity contribution is 6.30. The summed E-state index contributed by atoms with van der Waals surface area (Å²) >= 11 is 5.90. The molecule has 0 saturated carbocycles. The minimum absolute atomic E-state index is 0.0296. The lowest BCUT2D eigenvalue weighted by Gasteiger charge is -2.31. The molecule has 1 aliphatic rings. The summed E-state index contributed by atoms with van der Waals surface area (Å²) in [5.74, 6) is 0.128. The predicted octanol–water partition coefficient (Wildman–Crippen LogP) is 5.74. The third-order valence-electron chi connectivity index (χ3n) is 5.52. The molecule has 4 heteroatoms. The number of hydrogen-bond donors (Lipinski definition) is 0. The molecular formula is C25H22ClNO2. The minimum atomic E-state index is -0.0410. The Hall–Kier alpha value is -2.91. The van der Waals surface area contributed by atoms with Gasteiger partial charge in [0.15, 0.2) is 5.78 Å². The number of amides is 1. The van der Waals surface area contributed by atoms with Gasteiger partial charge < -0.3 is 4.90 Å². The van der Waals surface area contributed by atoms with Crippen molar-refractivity contribution in [3.05, 3.63) is 95.0 Å². The van der Waals surface area contributed by atoms with Crippen molar-refractivity contribution >= 4 is 23.3 Å². The zero-order chi connectivity index (χ0) is 20.2. The van der Waals surface area contributed by atoms with Gasteiger partial charge in [-0.3, -0.25) is 9.59 Å². The molecule has 1 fully saturated rings. The Labute approximate surface area is 175 Å². The van der Waals surface area contributed by atoms with Crippen LogP contribution >= 0.6 is 11.6 Å². The van der Waals surface area contributed by atoms with Gasteiger partial charge in [0.05, 0.1) is 0 Å². The Morgan fingerprint density at radius 1 is 0.724 bits per heavy atom. The summed E-state index contributed by atoms with van der Waals surface area (Å²) in [6, 6.07) is 24.9. The number of nitrogens with zero attached hydrogens (tertiary/aromatic N) is 1. The maximum Gasteiger partial charge on any atom is 0.253 e.